The molecule has 1 aromatic carbocycles. The number of nitrogens with one attached hydrogen (secondary N) is 1. The summed E-state index contributed by atoms with van der Waals surface area (Å²) in [6, 6.07) is 3.48. The molecular formula is C12H8BrF2NO3. The average Bonchev–Trinajstić information content (AvgIpc) is 2.75. The normalized spacial score (nSPS) is 10.5. The van der Waals surface area contributed by atoms with Crippen LogP contribution in [0.3, 0.4) is 0 Å². The van der Waals surface area contributed by atoms with Gasteiger partial charge in [-0.2, -0.15) is 0 Å². The molecule has 7 heteroatoms. The monoisotopic (exact) mass is 331 g/mol. The van der Waals surface area contributed by atoms with Crippen LogP contribution in [0.25, 0.3) is 0 Å². The summed E-state index contributed by atoms with van der Waals surface area (Å²) in [6.07, 6.45) is 1.20. The molecule has 0 aliphatic carbocycles. The highest BCUT2D eigenvalue weighted by molar-refractivity contribution is 9.10. The number of halogens is 3. The molecule has 1 aromatic heterocycles. The average molecular weight is 332 g/mol. The minimum atomic E-state index is -1.16. The van der Waals surface area contributed by atoms with Gasteiger partial charge in [0.15, 0.2) is 0 Å². The van der Waals surface area contributed by atoms with Crippen molar-refractivity contribution < 1.29 is 23.1 Å². The minimum absolute atomic E-state index is 0.0505. The molecule has 2 rings (SSSR count). The zero-order chi connectivity index (χ0) is 14.0. The smallest absolute Gasteiger partial charge is 0.339 e. The van der Waals surface area contributed by atoms with Gasteiger partial charge in [0, 0.05) is 4.47 Å². The van der Waals surface area contributed by atoms with E-state index in [0.717, 1.165) is 12.1 Å². The highest BCUT2D eigenvalue weighted by Gasteiger charge is 2.15. The summed E-state index contributed by atoms with van der Waals surface area (Å²) >= 11 is 2.96. The number of aromatic carboxylic acids is 1. The van der Waals surface area contributed by atoms with E-state index in [2.05, 4.69) is 21.2 Å². The maximum atomic E-state index is 13.5. The van der Waals surface area contributed by atoms with Crippen molar-refractivity contribution in [1.82, 2.24) is 0 Å². The first kappa shape index (κ1) is 13.5. The fourth-order valence-corrected chi connectivity index (χ4v) is 1.95. The van der Waals surface area contributed by atoms with Gasteiger partial charge in [-0.05, 0) is 18.2 Å². The van der Waals surface area contributed by atoms with E-state index in [1.807, 2.05) is 0 Å². The van der Waals surface area contributed by atoms with Gasteiger partial charge in [-0.3, -0.25) is 0 Å². The van der Waals surface area contributed by atoms with E-state index in [1.165, 1.54) is 12.3 Å². The fraction of sp³-hybridized carbons (Fsp3) is 0.0833. The molecule has 4 nitrogen and oxygen atoms in total. The molecule has 0 saturated heterocycles. The highest BCUT2D eigenvalue weighted by Crippen LogP contribution is 2.24. The number of carbonyl (C=O) groups is 1. The van der Waals surface area contributed by atoms with Gasteiger partial charge in [-0.25, -0.2) is 13.6 Å². The van der Waals surface area contributed by atoms with Gasteiger partial charge >= 0.3 is 5.97 Å². The number of anilines is 1. The van der Waals surface area contributed by atoms with Gasteiger partial charge in [0.2, 0.25) is 0 Å². The largest absolute Gasteiger partial charge is 0.478 e. The van der Waals surface area contributed by atoms with Crippen LogP contribution in [-0.2, 0) is 6.54 Å². The van der Waals surface area contributed by atoms with Crippen LogP contribution in [0.5, 0.6) is 0 Å². The Morgan fingerprint density at radius 1 is 1.37 bits per heavy atom. The molecule has 0 aliphatic heterocycles. The molecule has 0 amide bonds. The summed E-state index contributed by atoms with van der Waals surface area (Å²) in [5.41, 5.74) is -0.388. The summed E-state index contributed by atoms with van der Waals surface area (Å²) in [4.78, 5) is 10.8. The van der Waals surface area contributed by atoms with E-state index < -0.39 is 17.6 Å². The zero-order valence-corrected chi connectivity index (χ0v) is 11.0. The lowest BCUT2D eigenvalue weighted by Gasteiger charge is -2.08. The van der Waals surface area contributed by atoms with E-state index in [9.17, 15) is 13.6 Å². The molecule has 0 radical (unpaired) electrons. The third kappa shape index (κ3) is 2.93. The third-order valence-electron chi connectivity index (χ3n) is 2.41. The van der Waals surface area contributed by atoms with E-state index in [1.54, 1.807) is 0 Å². The van der Waals surface area contributed by atoms with Crippen LogP contribution in [-0.4, -0.2) is 11.1 Å². The van der Waals surface area contributed by atoms with Gasteiger partial charge in [0.05, 0.1) is 12.8 Å². The van der Waals surface area contributed by atoms with E-state index >= 15 is 0 Å². The molecule has 0 fully saturated rings. The van der Waals surface area contributed by atoms with Crippen LogP contribution in [0.2, 0.25) is 0 Å². The summed E-state index contributed by atoms with van der Waals surface area (Å²) in [5, 5.41) is 11.3. The zero-order valence-electron chi connectivity index (χ0n) is 9.41. The van der Waals surface area contributed by atoms with Crippen LogP contribution in [0.4, 0.5) is 14.5 Å². The van der Waals surface area contributed by atoms with Crippen molar-refractivity contribution in [2.75, 3.05) is 5.32 Å². The van der Waals surface area contributed by atoms with Gasteiger partial charge in [0.25, 0.3) is 0 Å². The SMILES string of the molecule is O=C(O)c1ccoc1CNc1c(F)cc(Br)cc1F. The molecule has 100 valence electrons. The molecule has 0 unspecified atom stereocenters. The summed E-state index contributed by atoms with van der Waals surface area (Å²) in [6.45, 7) is -0.135. The molecular weight excluding hydrogens is 324 g/mol. The van der Waals surface area contributed by atoms with E-state index in [4.69, 9.17) is 9.52 Å². The summed E-state index contributed by atoms with van der Waals surface area (Å²) in [5.74, 6) is -2.64. The Kier molecular flexibility index (Phi) is 3.84. The molecule has 0 spiro atoms. The Bertz CT molecular complexity index is 604. The van der Waals surface area contributed by atoms with E-state index in [0.29, 0.717) is 0 Å². The summed E-state index contributed by atoms with van der Waals surface area (Å²) in [7, 11) is 0. The molecule has 0 aliphatic rings. The van der Waals surface area contributed by atoms with Crippen molar-refractivity contribution in [3.63, 3.8) is 0 Å². The number of hydrogen-bond donors (Lipinski definition) is 2. The number of carboxylic acids is 1. The maximum Gasteiger partial charge on any atom is 0.339 e. The summed E-state index contributed by atoms with van der Waals surface area (Å²) < 4.78 is 32.3. The molecule has 2 aromatic rings. The van der Waals surface area contributed by atoms with Crippen LogP contribution >= 0.6 is 15.9 Å². The Morgan fingerprint density at radius 2 is 2.00 bits per heavy atom. The van der Waals surface area contributed by atoms with Crippen molar-refractivity contribution >= 4 is 27.6 Å². The van der Waals surface area contributed by atoms with Crippen molar-refractivity contribution in [1.29, 1.82) is 0 Å². The molecule has 2 N–H and O–H groups in total. The Balaban J connectivity index is 2.19. The van der Waals surface area contributed by atoms with Crippen molar-refractivity contribution in [3.05, 3.63) is 51.9 Å². The second kappa shape index (κ2) is 5.40. The Labute approximate surface area is 115 Å². The lowest BCUT2D eigenvalue weighted by atomic mass is 10.2. The second-order valence-corrected chi connectivity index (χ2v) is 4.58. The number of furan rings is 1. The number of benzene rings is 1. The lowest BCUT2D eigenvalue weighted by molar-refractivity contribution is 0.0694. The van der Waals surface area contributed by atoms with Crippen molar-refractivity contribution in [3.8, 4) is 0 Å². The van der Waals surface area contributed by atoms with Crippen LogP contribution in [0, 0.1) is 11.6 Å². The minimum Gasteiger partial charge on any atom is -0.478 e. The maximum absolute atomic E-state index is 13.5. The van der Waals surface area contributed by atoms with Gasteiger partial charge in [-0.15, -0.1) is 0 Å². The molecule has 19 heavy (non-hydrogen) atoms. The van der Waals surface area contributed by atoms with Gasteiger partial charge in [0.1, 0.15) is 28.6 Å². The number of rotatable bonds is 4. The fourth-order valence-electron chi connectivity index (χ4n) is 1.55. The second-order valence-electron chi connectivity index (χ2n) is 3.66. The Hall–Kier alpha value is -1.89. The van der Waals surface area contributed by atoms with Crippen LogP contribution in [0.1, 0.15) is 16.1 Å². The lowest BCUT2D eigenvalue weighted by Crippen LogP contribution is -2.07. The van der Waals surface area contributed by atoms with Gasteiger partial charge in [-0.1, -0.05) is 15.9 Å². The highest BCUT2D eigenvalue weighted by atomic mass is 79.9. The number of hydrogen-bond acceptors (Lipinski definition) is 3. The van der Waals surface area contributed by atoms with E-state index in [-0.39, 0.29) is 28.0 Å². The first-order valence-corrected chi connectivity index (χ1v) is 5.96. The van der Waals surface area contributed by atoms with Crippen molar-refractivity contribution in [2.24, 2.45) is 0 Å². The van der Waals surface area contributed by atoms with Crippen molar-refractivity contribution in [2.45, 2.75) is 6.54 Å². The van der Waals surface area contributed by atoms with Crippen LogP contribution in [0.15, 0.2) is 33.4 Å². The van der Waals surface area contributed by atoms with Crippen LogP contribution < -0.4 is 5.32 Å². The number of carboxylic acid groups (broad SMARTS) is 1. The topological polar surface area (TPSA) is 62.5 Å². The Morgan fingerprint density at radius 3 is 2.58 bits per heavy atom. The predicted octanol–water partition coefficient (Wildman–Crippen LogP) is 3.63. The molecule has 0 bridgehead atoms. The molecule has 1 heterocycles. The predicted molar refractivity (Wildman–Crippen MR) is 67.1 cm³/mol. The molecule has 0 saturated carbocycles. The first-order chi connectivity index (χ1) is 8.99. The standard InChI is InChI=1S/C12H8BrF2NO3/c13-6-3-8(14)11(9(15)4-6)16-5-10-7(12(17)18)1-2-19-10/h1-4,16H,5H2,(H,17,18). The first-order valence-electron chi connectivity index (χ1n) is 5.17. The third-order valence-corrected chi connectivity index (χ3v) is 2.87. The molecule has 0 atom stereocenters. The quantitative estimate of drug-likeness (QED) is 0.898. The van der Waals surface area contributed by atoms with Gasteiger partial charge < -0.3 is 14.8 Å².